The van der Waals surface area contributed by atoms with Crippen molar-refractivity contribution in [2.24, 2.45) is 11.8 Å². The molecule has 33 heavy (non-hydrogen) atoms. The number of fused-ring (bicyclic) bond motifs is 1. The highest BCUT2D eigenvalue weighted by Gasteiger charge is 2.47. The van der Waals surface area contributed by atoms with Crippen molar-refractivity contribution in [2.75, 3.05) is 0 Å². The molecule has 4 aliphatic rings. The molecule has 4 fully saturated rings. The Morgan fingerprint density at radius 2 is 1.61 bits per heavy atom. The Morgan fingerprint density at radius 1 is 0.879 bits per heavy atom. The van der Waals surface area contributed by atoms with Gasteiger partial charge < -0.3 is 24.1 Å². The number of aliphatic hydroxyl groups excluding tert-OH is 1. The standard InChI is InChI=1S/C28H46O5/c1-7-20-9-12-24-28(32-20)19(6)27(29)26(33-24)15-25-18(5)16(3)13-22(31-25)10-11-23-17(4)14-21(8-2)30-23/h16,19-29H,4-5,7-15H2,1-3,6H3/t16-,19-,20-,21+,22+,23+,24+,25?,26+,27-,28+/m1/s1. The predicted molar refractivity (Wildman–Crippen MR) is 130 cm³/mol. The Kier molecular flexibility index (Phi) is 8.39. The van der Waals surface area contributed by atoms with Gasteiger partial charge in [0.2, 0.25) is 0 Å². The fourth-order valence-corrected chi connectivity index (χ4v) is 6.33. The number of rotatable bonds is 7. The van der Waals surface area contributed by atoms with E-state index in [0.29, 0.717) is 18.4 Å². The van der Waals surface area contributed by atoms with Crippen molar-refractivity contribution in [1.29, 1.82) is 0 Å². The largest absolute Gasteiger partial charge is 0.390 e. The summed E-state index contributed by atoms with van der Waals surface area (Å²) < 4.78 is 25.4. The Balaban J connectivity index is 1.34. The molecule has 1 N–H and O–H groups in total. The maximum absolute atomic E-state index is 11.1. The van der Waals surface area contributed by atoms with Gasteiger partial charge in [0.15, 0.2) is 0 Å². The molecule has 188 valence electrons. The van der Waals surface area contributed by atoms with Crippen LogP contribution in [0.15, 0.2) is 24.3 Å². The first kappa shape index (κ1) is 25.4. The van der Waals surface area contributed by atoms with E-state index in [-0.39, 0.29) is 48.6 Å². The zero-order chi connectivity index (χ0) is 23.7. The summed E-state index contributed by atoms with van der Waals surface area (Å²) in [4.78, 5) is 0. The highest BCUT2D eigenvalue weighted by Crippen LogP contribution is 2.40. The first-order valence-corrected chi connectivity index (χ1v) is 13.5. The van der Waals surface area contributed by atoms with Crippen molar-refractivity contribution in [1.82, 2.24) is 0 Å². The molecule has 11 atom stereocenters. The summed E-state index contributed by atoms with van der Waals surface area (Å²) >= 11 is 0. The third-order valence-corrected chi connectivity index (χ3v) is 8.71. The molecule has 5 heteroatoms. The van der Waals surface area contributed by atoms with Gasteiger partial charge in [-0.05, 0) is 68.4 Å². The summed E-state index contributed by atoms with van der Waals surface area (Å²) in [5.74, 6) is 0.462. The van der Waals surface area contributed by atoms with Gasteiger partial charge in [0.1, 0.15) is 0 Å². The van der Waals surface area contributed by atoms with E-state index < -0.39 is 6.10 Å². The maximum atomic E-state index is 11.1. The Labute approximate surface area is 200 Å². The van der Waals surface area contributed by atoms with E-state index in [2.05, 4.69) is 40.9 Å². The highest BCUT2D eigenvalue weighted by atomic mass is 16.6. The molecule has 0 saturated carbocycles. The Morgan fingerprint density at radius 3 is 2.30 bits per heavy atom. The summed E-state index contributed by atoms with van der Waals surface area (Å²) in [6.45, 7) is 17.3. The molecule has 4 aliphatic heterocycles. The zero-order valence-corrected chi connectivity index (χ0v) is 21.2. The van der Waals surface area contributed by atoms with Gasteiger partial charge in [0.25, 0.3) is 0 Å². The van der Waals surface area contributed by atoms with Gasteiger partial charge in [0.05, 0.1) is 54.9 Å². The topological polar surface area (TPSA) is 57.2 Å². The van der Waals surface area contributed by atoms with Crippen molar-refractivity contribution < 1.29 is 24.1 Å². The normalized spacial score (nSPS) is 46.4. The van der Waals surface area contributed by atoms with Crippen molar-refractivity contribution in [3.63, 3.8) is 0 Å². The van der Waals surface area contributed by atoms with Gasteiger partial charge in [-0.1, -0.05) is 40.9 Å². The Bertz CT molecular complexity index is 690. The number of aliphatic hydroxyl groups is 1. The lowest BCUT2D eigenvalue weighted by Gasteiger charge is -2.49. The minimum Gasteiger partial charge on any atom is -0.390 e. The minimum atomic E-state index is -0.546. The molecule has 5 nitrogen and oxygen atoms in total. The van der Waals surface area contributed by atoms with E-state index in [1.165, 1.54) is 5.57 Å². The van der Waals surface area contributed by atoms with E-state index in [0.717, 1.165) is 56.9 Å². The van der Waals surface area contributed by atoms with Crippen LogP contribution in [0.1, 0.15) is 85.5 Å². The van der Waals surface area contributed by atoms with E-state index in [9.17, 15) is 5.11 Å². The summed E-state index contributed by atoms with van der Waals surface area (Å²) in [6, 6.07) is 0. The molecule has 0 aromatic carbocycles. The van der Waals surface area contributed by atoms with Crippen molar-refractivity contribution in [3.8, 4) is 0 Å². The average Bonchev–Trinajstić information content (AvgIpc) is 3.18. The third-order valence-electron chi connectivity index (χ3n) is 8.71. The van der Waals surface area contributed by atoms with Crippen LogP contribution >= 0.6 is 0 Å². The first-order valence-electron chi connectivity index (χ1n) is 13.5. The molecule has 0 aromatic heterocycles. The van der Waals surface area contributed by atoms with Crippen molar-refractivity contribution >= 4 is 0 Å². The first-order chi connectivity index (χ1) is 15.8. The van der Waals surface area contributed by atoms with Gasteiger partial charge in [-0.3, -0.25) is 0 Å². The smallest absolute Gasteiger partial charge is 0.0891 e. The fraction of sp³-hybridized carbons (Fsp3) is 0.857. The van der Waals surface area contributed by atoms with Crippen molar-refractivity contribution in [2.45, 2.75) is 140 Å². The highest BCUT2D eigenvalue weighted by molar-refractivity contribution is 5.12. The monoisotopic (exact) mass is 462 g/mol. The van der Waals surface area contributed by atoms with Gasteiger partial charge >= 0.3 is 0 Å². The van der Waals surface area contributed by atoms with Crippen LogP contribution in [0.25, 0.3) is 0 Å². The lowest BCUT2D eigenvalue weighted by atomic mass is 9.80. The SMILES string of the molecule is C=C1C(C[C@@H]2O[C@H]3CC[C@@H](CC)O[C@H]3[C@H](C)[C@H]2O)O[C@@H](CC[C@@H]2O[C@@H](CC)CC2=C)C[C@H]1C. The molecule has 1 unspecified atom stereocenters. The molecule has 0 amide bonds. The van der Waals surface area contributed by atoms with E-state index in [1.807, 2.05) is 0 Å². The minimum absolute atomic E-state index is 0.0106. The predicted octanol–water partition coefficient (Wildman–Crippen LogP) is 5.35. The molecule has 0 spiro atoms. The molecule has 0 bridgehead atoms. The molecule has 0 aromatic rings. The summed E-state index contributed by atoms with van der Waals surface area (Å²) in [5.41, 5.74) is 2.37. The fourth-order valence-electron chi connectivity index (χ4n) is 6.33. The third kappa shape index (κ3) is 5.59. The number of hydrogen-bond acceptors (Lipinski definition) is 5. The van der Waals surface area contributed by atoms with Crippen LogP contribution in [0.4, 0.5) is 0 Å². The molecular weight excluding hydrogens is 416 g/mol. The second kappa shape index (κ2) is 10.9. The lowest BCUT2D eigenvalue weighted by Crippen LogP contribution is -2.57. The lowest BCUT2D eigenvalue weighted by molar-refractivity contribution is -0.249. The maximum Gasteiger partial charge on any atom is 0.0891 e. The van der Waals surface area contributed by atoms with Crippen LogP contribution in [0.5, 0.6) is 0 Å². The van der Waals surface area contributed by atoms with Crippen LogP contribution < -0.4 is 0 Å². The second-order valence-corrected chi connectivity index (χ2v) is 11.1. The van der Waals surface area contributed by atoms with Gasteiger partial charge in [-0.15, -0.1) is 0 Å². The molecule has 4 rings (SSSR count). The van der Waals surface area contributed by atoms with Crippen LogP contribution in [0.3, 0.4) is 0 Å². The van der Waals surface area contributed by atoms with Crippen LogP contribution in [-0.4, -0.2) is 60.0 Å². The molecule has 4 heterocycles. The molecule has 0 aliphatic carbocycles. The average molecular weight is 463 g/mol. The van der Waals surface area contributed by atoms with Crippen LogP contribution in [-0.2, 0) is 18.9 Å². The Hall–Kier alpha value is -0.720. The van der Waals surface area contributed by atoms with Gasteiger partial charge in [-0.2, -0.15) is 0 Å². The zero-order valence-electron chi connectivity index (χ0n) is 21.2. The van der Waals surface area contributed by atoms with E-state index >= 15 is 0 Å². The number of ether oxygens (including phenoxy) is 4. The quantitative estimate of drug-likeness (QED) is 0.517. The van der Waals surface area contributed by atoms with E-state index in [4.69, 9.17) is 18.9 Å². The molecular formula is C28H46O5. The summed E-state index contributed by atoms with van der Waals surface area (Å²) in [7, 11) is 0. The molecule has 4 saturated heterocycles. The number of hydrogen-bond donors (Lipinski definition) is 1. The van der Waals surface area contributed by atoms with Crippen molar-refractivity contribution in [3.05, 3.63) is 24.3 Å². The summed E-state index contributed by atoms with van der Waals surface area (Å²) in [6.07, 6.45) is 8.84. The molecule has 0 radical (unpaired) electrons. The summed E-state index contributed by atoms with van der Waals surface area (Å²) in [5, 5.41) is 11.1. The van der Waals surface area contributed by atoms with E-state index in [1.54, 1.807) is 0 Å². The second-order valence-electron chi connectivity index (χ2n) is 11.1. The van der Waals surface area contributed by atoms with Crippen LogP contribution in [0, 0.1) is 11.8 Å². The van der Waals surface area contributed by atoms with Crippen LogP contribution in [0.2, 0.25) is 0 Å². The van der Waals surface area contributed by atoms with Gasteiger partial charge in [0, 0.05) is 12.3 Å². The van der Waals surface area contributed by atoms with Gasteiger partial charge in [-0.25, -0.2) is 0 Å².